The van der Waals surface area contributed by atoms with E-state index in [2.05, 4.69) is 0 Å². The fourth-order valence-corrected chi connectivity index (χ4v) is 0.844. The second-order valence-electron chi connectivity index (χ2n) is 2.28. The summed E-state index contributed by atoms with van der Waals surface area (Å²) in [5.74, 6) is -1.16. The molecule has 1 aliphatic rings. The van der Waals surface area contributed by atoms with Crippen LogP contribution in [0.1, 0.15) is 0 Å². The van der Waals surface area contributed by atoms with Gasteiger partial charge in [0.2, 0.25) is 0 Å². The van der Waals surface area contributed by atoms with E-state index in [1.54, 1.807) is 0 Å². The van der Waals surface area contributed by atoms with E-state index in [1.165, 1.54) is 0 Å². The van der Waals surface area contributed by atoms with Gasteiger partial charge in [-0.15, -0.1) is 0 Å². The van der Waals surface area contributed by atoms with Crippen LogP contribution in [-0.4, -0.2) is 24.1 Å². The molecule has 0 fully saturated rings. The quantitative estimate of drug-likeness (QED) is 0.621. The Morgan fingerprint density at radius 1 is 1.45 bits per heavy atom. The van der Waals surface area contributed by atoms with Gasteiger partial charge in [0.1, 0.15) is 5.83 Å². The van der Waals surface area contributed by atoms with Crippen molar-refractivity contribution < 1.29 is 18.3 Å². The molecule has 0 spiro atoms. The van der Waals surface area contributed by atoms with Crippen molar-refractivity contribution in [1.29, 1.82) is 0 Å². The van der Waals surface area contributed by atoms with Crippen molar-refractivity contribution in [1.82, 2.24) is 0 Å². The van der Waals surface area contributed by atoms with Gasteiger partial charge in [0.05, 0.1) is 6.61 Å². The Morgan fingerprint density at radius 2 is 2.09 bits per heavy atom. The van der Waals surface area contributed by atoms with Crippen LogP contribution >= 0.6 is 0 Å². The standard InChI is InChI=1S/C7H7F3O/c8-5-1-4(3-11)2-6(9)7(5)10/h1-2,5,7,11H,3H2/t5?,7-/m0/s1. The average Bonchev–Trinajstić information content (AvgIpc) is 1.99. The van der Waals surface area contributed by atoms with Gasteiger partial charge in [-0.1, -0.05) is 0 Å². The minimum Gasteiger partial charge on any atom is -0.392 e. The van der Waals surface area contributed by atoms with Crippen molar-refractivity contribution in [3.8, 4) is 0 Å². The smallest absolute Gasteiger partial charge is 0.186 e. The topological polar surface area (TPSA) is 20.2 Å². The molecule has 0 saturated carbocycles. The highest BCUT2D eigenvalue weighted by atomic mass is 19.2. The lowest BCUT2D eigenvalue weighted by molar-refractivity contribution is 0.203. The van der Waals surface area contributed by atoms with E-state index in [-0.39, 0.29) is 5.57 Å². The SMILES string of the molecule is OCC1=CC(F)[C@H](F)C(F)=C1. The maximum Gasteiger partial charge on any atom is 0.186 e. The molecule has 4 heteroatoms. The van der Waals surface area contributed by atoms with Gasteiger partial charge in [0.15, 0.2) is 12.3 Å². The first kappa shape index (κ1) is 8.33. The number of rotatable bonds is 1. The predicted octanol–water partition coefficient (Wildman–Crippen LogP) is 1.45. The summed E-state index contributed by atoms with van der Waals surface area (Å²) in [5.41, 5.74) is 0.0731. The third-order valence-corrected chi connectivity index (χ3v) is 1.42. The van der Waals surface area contributed by atoms with E-state index < -0.39 is 24.8 Å². The first-order chi connectivity index (χ1) is 5.15. The molecule has 0 heterocycles. The van der Waals surface area contributed by atoms with E-state index in [9.17, 15) is 13.2 Å². The third kappa shape index (κ3) is 1.63. The Hall–Kier alpha value is -0.770. The molecule has 1 unspecified atom stereocenters. The minimum absolute atomic E-state index is 0.0731. The van der Waals surface area contributed by atoms with Crippen LogP contribution in [0.4, 0.5) is 13.2 Å². The summed E-state index contributed by atoms with van der Waals surface area (Å²) in [6.07, 6.45) is -2.50. The van der Waals surface area contributed by atoms with Crippen molar-refractivity contribution >= 4 is 0 Å². The zero-order chi connectivity index (χ0) is 8.43. The Bertz CT molecular complexity index is 210. The summed E-state index contributed by atoms with van der Waals surface area (Å²) in [4.78, 5) is 0. The van der Waals surface area contributed by atoms with Crippen LogP contribution in [0.3, 0.4) is 0 Å². The molecule has 1 N–H and O–H groups in total. The van der Waals surface area contributed by atoms with E-state index in [4.69, 9.17) is 5.11 Å². The molecule has 1 rings (SSSR count). The Labute approximate surface area is 61.8 Å². The molecule has 11 heavy (non-hydrogen) atoms. The molecule has 2 atom stereocenters. The molecule has 1 nitrogen and oxygen atoms in total. The molecular formula is C7H7F3O. The molecule has 1 aliphatic carbocycles. The lowest BCUT2D eigenvalue weighted by Crippen LogP contribution is -2.20. The van der Waals surface area contributed by atoms with Crippen LogP contribution in [0.15, 0.2) is 23.6 Å². The van der Waals surface area contributed by atoms with Crippen LogP contribution in [0.25, 0.3) is 0 Å². The molecule has 0 aliphatic heterocycles. The van der Waals surface area contributed by atoms with Crippen molar-refractivity contribution in [3.05, 3.63) is 23.6 Å². The fraction of sp³-hybridized carbons (Fsp3) is 0.429. The first-order valence-corrected chi connectivity index (χ1v) is 3.12. The molecule has 0 bridgehead atoms. The minimum atomic E-state index is -2.20. The van der Waals surface area contributed by atoms with E-state index in [0.29, 0.717) is 0 Å². The zero-order valence-corrected chi connectivity index (χ0v) is 5.60. The van der Waals surface area contributed by atoms with Gasteiger partial charge in [-0.2, -0.15) is 0 Å². The number of alkyl halides is 2. The average molecular weight is 164 g/mol. The van der Waals surface area contributed by atoms with Gasteiger partial charge in [-0.3, -0.25) is 0 Å². The van der Waals surface area contributed by atoms with Gasteiger partial charge < -0.3 is 5.11 Å². The van der Waals surface area contributed by atoms with Crippen molar-refractivity contribution in [3.63, 3.8) is 0 Å². The summed E-state index contributed by atoms with van der Waals surface area (Å²) in [7, 11) is 0. The molecule has 0 amide bonds. The second kappa shape index (κ2) is 3.09. The molecular weight excluding hydrogens is 157 g/mol. The second-order valence-corrected chi connectivity index (χ2v) is 2.28. The monoisotopic (exact) mass is 164 g/mol. The number of aliphatic hydroxyl groups is 1. The molecule has 0 saturated heterocycles. The number of allylic oxidation sites excluding steroid dienone is 2. The van der Waals surface area contributed by atoms with Crippen LogP contribution in [-0.2, 0) is 0 Å². The normalized spacial score (nSPS) is 31.3. The van der Waals surface area contributed by atoms with Crippen LogP contribution in [0, 0.1) is 0 Å². The van der Waals surface area contributed by atoms with E-state index >= 15 is 0 Å². The van der Waals surface area contributed by atoms with Crippen LogP contribution < -0.4 is 0 Å². The van der Waals surface area contributed by atoms with Gasteiger partial charge in [0, 0.05) is 0 Å². The fourth-order valence-electron chi connectivity index (χ4n) is 0.844. The van der Waals surface area contributed by atoms with Crippen LogP contribution in [0.2, 0.25) is 0 Å². The van der Waals surface area contributed by atoms with Crippen molar-refractivity contribution in [2.75, 3.05) is 6.61 Å². The Morgan fingerprint density at radius 3 is 2.55 bits per heavy atom. The summed E-state index contributed by atoms with van der Waals surface area (Å²) < 4.78 is 37.1. The largest absolute Gasteiger partial charge is 0.392 e. The Kier molecular flexibility index (Phi) is 2.34. The summed E-state index contributed by atoms with van der Waals surface area (Å²) in [6, 6.07) is 0. The highest BCUT2D eigenvalue weighted by Crippen LogP contribution is 2.23. The maximum absolute atomic E-state index is 12.4. The third-order valence-electron chi connectivity index (χ3n) is 1.42. The van der Waals surface area contributed by atoms with Gasteiger partial charge in [-0.05, 0) is 17.7 Å². The van der Waals surface area contributed by atoms with E-state index in [0.717, 1.165) is 12.2 Å². The highest BCUT2D eigenvalue weighted by Gasteiger charge is 2.26. The summed E-state index contributed by atoms with van der Waals surface area (Å²) in [6.45, 7) is -0.472. The lowest BCUT2D eigenvalue weighted by Gasteiger charge is -2.14. The molecule has 62 valence electrons. The Balaban J connectivity index is 2.82. The van der Waals surface area contributed by atoms with Gasteiger partial charge in [0.25, 0.3) is 0 Å². The molecule has 0 aromatic carbocycles. The lowest BCUT2D eigenvalue weighted by atomic mass is 10.0. The molecule has 0 aromatic rings. The summed E-state index contributed by atoms with van der Waals surface area (Å²) >= 11 is 0. The first-order valence-electron chi connectivity index (χ1n) is 3.12. The van der Waals surface area contributed by atoms with Crippen molar-refractivity contribution in [2.45, 2.75) is 12.3 Å². The van der Waals surface area contributed by atoms with Crippen molar-refractivity contribution in [2.24, 2.45) is 0 Å². The number of halogens is 3. The molecule has 0 aromatic heterocycles. The van der Waals surface area contributed by atoms with Gasteiger partial charge >= 0.3 is 0 Å². The van der Waals surface area contributed by atoms with Gasteiger partial charge in [-0.25, -0.2) is 13.2 Å². The number of aliphatic hydroxyl groups excluding tert-OH is 1. The number of hydrogen-bond acceptors (Lipinski definition) is 1. The van der Waals surface area contributed by atoms with Crippen LogP contribution in [0.5, 0.6) is 0 Å². The highest BCUT2D eigenvalue weighted by molar-refractivity contribution is 5.30. The predicted molar refractivity (Wildman–Crippen MR) is 34.2 cm³/mol. The molecule has 0 radical (unpaired) electrons. The summed E-state index contributed by atoms with van der Waals surface area (Å²) in [5, 5.41) is 8.44. The number of hydrogen-bond donors (Lipinski definition) is 1. The maximum atomic E-state index is 12.4. The zero-order valence-electron chi connectivity index (χ0n) is 5.60. The van der Waals surface area contributed by atoms with E-state index in [1.807, 2.05) is 0 Å².